The van der Waals surface area contributed by atoms with E-state index in [4.69, 9.17) is 4.74 Å². The van der Waals surface area contributed by atoms with Crippen LogP contribution >= 0.6 is 0 Å². The second-order valence-corrected chi connectivity index (χ2v) is 8.33. The lowest BCUT2D eigenvalue weighted by Gasteiger charge is -2.19. The molecule has 0 radical (unpaired) electrons. The third kappa shape index (κ3) is 6.38. The van der Waals surface area contributed by atoms with E-state index >= 15 is 0 Å². The molecule has 0 N–H and O–H groups in total. The summed E-state index contributed by atoms with van der Waals surface area (Å²) in [6.45, 7) is 5.33. The van der Waals surface area contributed by atoms with Crippen LogP contribution in [0.15, 0.2) is 0 Å². The molecule has 0 saturated heterocycles. The maximum atomic E-state index is 11.8. The molecular formula is C13H24O4S. The Morgan fingerprint density at radius 2 is 1.78 bits per heavy atom. The Morgan fingerprint density at radius 3 is 2.28 bits per heavy atom. The van der Waals surface area contributed by atoms with Crippen molar-refractivity contribution >= 4 is 15.8 Å². The van der Waals surface area contributed by atoms with Crippen LogP contribution < -0.4 is 0 Å². The molecule has 5 heteroatoms. The number of esters is 1. The summed E-state index contributed by atoms with van der Waals surface area (Å²) in [5.74, 6) is 0.0138. The van der Waals surface area contributed by atoms with Gasteiger partial charge in [0.05, 0.1) is 17.9 Å². The zero-order valence-corrected chi connectivity index (χ0v) is 12.4. The van der Waals surface area contributed by atoms with Gasteiger partial charge in [-0.05, 0) is 39.5 Å². The van der Waals surface area contributed by atoms with E-state index in [1.165, 1.54) is 0 Å². The maximum absolute atomic E-state index is 11.8. The largest absolute Gasteiger partial charge is 0.460 e. The lowest BCUT2D eigenvalue weighted by molar-refractivity contribution is -0.154. The number of carbonyl (C=O) groups excluding carboxylic acids is 1. The standard InChI is InChI=1S/C13H24O4S/c1-13(2,3)17-12(14)8-9-18(15,16)10-11-6-4-5-7-11/h11H,4-10H2,1-3H3. The molecule has 0 atom stereocenters. The molecule has 0 aromatic rings. The Balaban J connectivity index is 2.34. The van der Waals surface area contributed by atoms with Gasteiger partial charge in [0.1, 0.15) is 5.60 Å². The summed E-state index contributed by atoms with van der Waals surface area (Å²) in [6.07, 6.45) is 4.24. The lowest BCUT2D eigenvalue weighted by atomic mass is 10.1. The topological polar surface area (TPSA) is 60.4 Å². The van der Waals surface area contributed by atoms with E-state index in [2.05, 4.69) is 0 Å². The summed E-state index contributed by atoms with van der Waals surface area (Å²) >= 11 is 0. The van der Waals surface area contributed by atoms with Crippen LogP contribution in [0.4, 0.5) is 0 Å². The third-order valence-electron chi connectivity index (χ3n) is 3.00. The van der Waals surface area contributed by atoms with Crippen LogP contribution in [-0.2, 0) is 19.4 Å². The molecule has 18 heavy (non-hydrogen) atoms. The fraction of sp³-hybridized carbons (Fsp3) is 0.923. The number of rotatable bonds is 5. The third-order valence-corrected chi connectivity index (χ3v) is 4.81. The van der Waals surface area contributed by atoms with E-state index in [1.807, 2.05) is 0 Å². The van der Waals surface area contributed by atoms with Crippen LogP contribution in [0.2, 0.25) is 0 Å². The second-order valence-electron chi connectivity index (χ2n) is 6.10. The van der Waals surface area contributed by atoms with Crippen molar-refractivity contribution in [1.82, 2.24) is 0 Å². The van der Waals surface area contributed by atoms with E-state index in [0.29, 0.717) is 5.92 Å². The van der Waals surface area contributed by atoms with Crippen LogP contribution in [-0.4, -0.2) is 31.5 Å². The first-order valence-electron chi connectivity index (χ1n) is 6.60. The molecule has 0 aromatic heterocycles. The quantitative estimate of drug-likeness (QED) is 0.723. The molecule has 4 nitrogen and oxygen atoms in total. The van der Waals surface area contributed by atoms with Crippen molar-refractivity contribution in [2.75, 3.05) is 11.5 Å². The molecule has 1 rings (SSSR count). The Bertz CT molecular complexity index is 372. The smallest absolute Gasteiger partial charge is 0.307 e. The highest BCUT2D eigenvalue weighted by atomic mass is 32.2. The molecular weight excluding hydrogens is 252 g/mol. The van der Waals surface area contributed by atoms with Crippen molar-refractivity contribution in [2.24, 2.45) is 5.92 Å². The Hall–Kier alpha value is -0.580. The minimum absolute atomic E-state index is 0.0354. The maximum Gasteiger partial charge on any atom is 0.307 e. The van der Waals surface area contributed by atoms with Crippen LogP contribution in [0, 0.1) is 5.92 Å². The molecule has 1 aliphatic rings. The number of sulfone groups is 1. The van der Waals surface area contributed by atoms with Gasteiger partial charge < -0.3 is 4.74 Å². The van der Waals surface area contributed by atoms with Crippen LogP contribution in [0.5, 0.6) is 0 Å². The average Bonchev–Trinajstić information content (AvgIpc) is 2.64. The number of carbonyl (C=O) groups is 1. The molecule has 0 aromatic carbocycles. The molecule has 0 heterocycles. The van der Waals surface area contributed by atoms with Crippen LogP contribution in [0.25, 0.3) is 0 Å². The fourth-order valence-corrected chi connectivity index (χ4v) is 3.95. The summed E-state index contributed by atoms with van der Waals surface area (Å²) in [7, 11) is -3.12. The van der Waals surface area contributed by atoms with Crippen molar-refractivity contribution in [1.29, 1.82) is 0 Å². The molecule has 1 aliphatic carbocycles. The summed E-state index contributed by atoms with van der Waals surface area (Å²) in [5, 5.41) is 0. The molecule has 0 aliphatic heterocycles. The van der Waals surface area contributed by atoms with Gasteiger partial charge in [-0.25, -0.2) is 8.42 Å². The van der Waals surface area contributed by atoms with Crippen LogP contribution in [0.1, 0.15) is 52.9 Å². The fourth-order valence-electron chi connectivity index (χ4n) is 2.25. The highest BCUT2D eigenvalue weighted by molar-refractivity contribution is 7.91. The molecule has 106 valence electrons. The van der Waals surface area contributed by atoms with Gasteiger partial charge in [0.15, 0.2) is 9.84 Å². The van der Waals surface area contributed by atoms with Gasteiger partial charge >= 0.3 is 5.97 Å². The van der Waals surface area contributed by atoms with E-state index < -0.39 is 21.4 Å². The SMILES string of the molecule is CC(C)(C)OC(=O)CCS(=O)(=O)CC1CCCC1. The van der Waals surface area contributed by atoms with Gasteiger partial charge in [-0.1, -0.05) is 12.8 Å². The van der Waals surface area contributed by atoms with Gasteiger partial charge in [-0.2, -0.15) is 0 Å². The zero-order valence-electron chi connectivity index (χ0n) is 11.6. The van der Waals surface area contributed by atoms with Crippen molar-refractivity contribution in [3.8, 4) is 0 Å². The van der Waals surface area contributed by atoms with Crippen molar-refractivity contribution in [3.63, 3.8) is 0 Å². The van der Waals surface area contributed by atoms with Crippen molar-refractivity contribution < 1.29 is 17.9 Å². The predicted molar refractivity (Wildman–Crippen MR) is 71.1 cm³/mol. The van der Waals surface area contributed by atoms with E-state index in [1.54, 1.807) is 20.8 Å². The first-order valence-corrected chi connectivity index (χ1v) is 8.42. The normalized spacial score (nSPS) is 17.9. The first-order chi connectivity index (χ1) is 8.18. The van der Waals surface area contributed by atoms with Gasteiger partial charge in [0.2, 0.25) is 0 Å². The average molecular weight is 276 g/mol. The molecule has 1 saturated carbocycles. The van der Waals surface area contributed by atoms with Gasteiger partial charge in [-0.15, -0.1) is 0 Å². The Kier molecular flexibility index (Phi) is 5.20. The van der Waals surface area contributed by atoms with Crippen LogP contribution in [0.3, 0.4) is 0 Å². The molecule has 1 fully saturated rings. The summed E-state index contributed by atoms with van der Waals surface area (Å²) in [6, 6.07) is 0. The van der Waals surface area contributed by atoms with Gasteiger partial charge in [0, 0.05) is 0 Å². The molecule has 0 unspecified atom stereocenters. The second kappa shape index (κ2) is 6.04. The van der Waals surface area contributed by atoms with E-state index in [9.17, 15) is 13.2 Å². The van der Waals surface area contributed by atoms with Gasteiger partial charge in [-0.3, -0.25) is 4.79 Å². The monoisotopic (exact) mass is 276 g/mol. The van der Waals surface area contributed by atoms with Gasteiger partial charge in [0.25, 0.3) is 0 Å². The molecule has 0 spiro atoms. The zero-order chi connectivity index (χ0) is 13.8. The highest BCUT2D eigenvalue weighted by Gasteiger charge is 2.24. The van der Waals surface area contributed by atoms with Crippen molar-refractivity contribution in [2.45, 2.75) is 58.5 Å². The van der Waals surface area contributed by atoms with E-state index in [-0.39, 0.29) is 17.9 Å². The number of hydrogen-bond donors (Lipinski definition) is 0. The minimum Gasteiger partial charge on any atom is -0.460 e. The number of hydrogen-bond acceptors (Lipinski definition) is 4. The van der Waals surface area contributed by atoms with E-state index in [0.717, 1.165) is 25.7 Å². The first kappa shape index (κ1) is 15.5. The summed E-state index contributed by atoms with van der Waals surface area (Å²) in [5.41, 5.74) is -0.549. The Morgan fingerprint density at radius 1 is 1.22 bits per heavy atom. The molecule has 0 bridgehead atoms. The molecule has 0 amide bonds. The van der Waals surface area contributed by atoms with Crippen molar-refractivity contribution in [3.05, 3.63) is 0 Å². The highest BCUT2D eigenvalue weighted by Crippen LogP contribution is 2.26. The number of ether oxygens (including phenoxy) is 1. The predicted octanol–water partition coefficient (Wildman–Crippen LogP) is 2.32. The lowest BCUT2D eigenvalue weighted by Crippen LogP contribution is -2.26. The minimum atomic E-state index is -3.12. The summed E-state index contributed by atoms with van der Waals surface area (Å²) in [4.78, 5) is 11.5. The Labute approximate surface area is 110 Å². The summed E-state index contributed by atoms with van der Waals surface area (Å²) < 4.78 is 28.8.